The minimum Gasteiger partial charge on any atom is -0.326 e. The molecule has 48 heavy (non-hydrogen) atoms. The van der Waals surface area contributed by atoms with Gasteiger partial charge < -0.3 is 16.0 Å². The molecule has 0 heterocycles. The Kier molecular flexibility index (Phi) is 11.1. The number of carbonyl (C=O) groups excluding carboxylic acids is 3. The van der Waals surface area contributed by atoms with E-state index in [1.807, 2.05) is 5.32 Å². The first-order valence-electron chi connectivity index (χ1n) is 13.3. The van der Waals surface area contributed by atoms with E-state index in [-0.39, 0.29) is 21.8 Å². The SMILES string of the molecule is O=C(CSCCC(F)(F)F)Nc1c(F)ccc(NC(=O)c2cc(NC(=O)[C@H]3C(c4ccc(F)c(C(F)(F)F)c4)C3(Cl)Cl)ccc2Cl)c1F. The van der Waals surface area contributed by atoms with E-state index in [1.54, 1.807) is 0 Å². The molecule has 4 rings (SSSR count). The van der Waals surface area contributed by atoms with Crippen LogP contribution in [0.15, 0.2) is 48.5 Å². The third-order valence-electron chi connectivity index (χ3n) is 6.84. The summed E-state index contributed by atoms with van der Waals surface area (Å²) in [7, 11) is 0. The fourth-order valence-electron chi connectivity index (χ4n) is 4.50. The lowest BCUT2D eigenvalue weighted by atomic mass is 10.0. The number of rotatable bonds is 10. The quantitative estimate of drug-likeness (QED) is 0.109. The molecule has 2 atom stereocenters. The second-order valence-electron chi connectivity index (χ2n) is 10.3. The number of anilines is 3. The fourth-order valence-corrected chi connectivity index (χ4v) is 6.31. The average molecular weight is 767 g/mol. The molecule has 3 aromatic rings. The molecule has 6 nitrogen and oxygen atoms in total. The van der Waals surface area contributed by atoms with Crippen LogP contribution in [0.1, 0.15) is 33.8 Å². The highest BCUT2D eigenvalue weighted by Crippen LogP contribution is 2.65. The van der Waals surface area contributed by atoms with Gasteiger partial charge in [0, 0.05) is 17.4 Å². The summed E-state index contributed by atoms with van der Waals surface area (Å²) in [5.41, 5.74) is -3.74. The Morgan fingerprint density at radius 1 is 0.854 bits per heavy atom. The van der Waals surface area contributed by atoms with E-state index < -0.39 is 98.6 Å². The Bertz CT molecular complexity index is 1760. The number of amides is 3. The lowest BCUT2D eigenvalue weighted by Gasteiger charge is -2.13. The van der Waals surface area contributed by atoms with Gasteiger partial charge in [0.2, 0.25) is 11.8 Å². The van der Waals surface area contributed by atoms with Gasteiger partial charge in [-0.2, -0.15) is 38.1 Å². The average Bonchev–Trinajstić information content (AvgIpc) is 3.56. The van der Waals surface area contributed by atoms with Gasteiger partial charge in [0.25, 0.3) is 5.91 Å². The number of hydrogen-bond acceptors (Lipinski definition) is 4. The number of thioether (sulfide) groups is 1. The molecular weight excluding hydrogens is 748 g/mol. The second kappa shape index (κ2) is 14.3. The fraction of sp³-hybridized carbons (Fsp3) is 0.276. The van der Waals surface area contributed by atoms with Crippen molar-refractivity contribution in [3.05, 3.63) is 87.7 Å². The van der Waals surface area contributed by atoms with Crippen molar-refractivity contribution in [3.8, 4) is 0 Å². The van der Waals surface area contributed by atoms with Crippen LogP contribution in [0.5, 0.6) is 0 Å². The first-order valence-corrected chi connectivity index (χ1v) is 15.6. The standard InChI is InChI=1S/C29H19Cl3F9N3O3S/c30-16-3-2-13(42-26(47)22-21(28(22,31)32)12-1-4-17(33)15(9-12)29(39,40)41)10-14(16)25(46)43-19-6-5-18(34)24(23(19)35)44-20(45)11-48-8-7-27(36,37)38/h1-6,9-10,21-22H,7-8,11H2,(H,42,47)(H,43,46)(H,44,45)/t21?,22-/m1/s1. The number of carbonyl (C=O) groups is 3. The number of hydrogen-bond donors (Lipinski definition) is 3. The van der Waals surface area contributed by atoms with Crippen LogP contribution in [-0.4, -0.2) is 39.7 Å². The van der Waals surface area contributed by atoms with E-state index in [0.29, 0.717) is 30.0 Å². The van der Waals surface area contributed by atoms with Gasteiger partial charge in [-0.1, -0.05) is 17.7 Å². The molecule has 3 aromatic carbocycles. The largest absolute Gasteiger partial charge is 0.419 e. The summed E-state index contributed by atoms with van der Waals surface area (Å²) in [5.74, 6) is -10.6. The van der Waals surface area contributed by atoms with Crippen LogP contribution in [0, 0.1) is 23.4 Å². The normalized spacial score (nSPS) is 17.1. The summed E-state index contributed by atoms with van der Waals surface area (Å²) < 4.78 is 118. The van der Waals surface area contributed by atoms with Gasteiger partial charge in [0.1, 0.15) is 21.7 Å². The predicted octanol–water partition coefficient (Wildman–Crippen LogP) is 9.18. The summed E-state index contributed by atoms with van der Waals surface area (Å²) in [5, 5.41) is 6.25. The summed E-state index contributed by atoms with van der Waals surface area (Å²) in [6.45, 7) is 0. The zero-order valence-corrected chi connectivity index (χ0v) is 26.6. The van der Waals surface area contributed by atoms with E-state index >= 15 is 4.39 Å². The Balaban J connectivity index is 1.45. The number of halogens is 12. The Hall–Kier alpha value is -3.34. The molecule has 3 amide bonds. The molecule has 1 fully saturated rings. The van der Waals surface area contributed by atoms with Crippen molar-refractivity contribution in [2.45, 2.75) is 29.0 Å². The molecule has 19 heteroatoms. The lowest BCUT2D eigenvalue weighted by Crippen LogP contribution is -2.20. The third-order valence-corrected chi connectivity index (χ3v) is 9.07. The summed E-state index contributed by atoms with van der Waals surface area (Å²) >= 11 is 19.1. The Labute approximate surface area is 284 Å². The minimum absolute atomic E-state index is 0.0741. The van der Waals surface area contributed by atoms with Gasteiger partial charge in [-0.05, 0) is 48.0 Å². The molecule has 0 saturated heterocycles. The molecule has 1 aliphatic rings. The molecule has 0 bridgehead atoms. The first-order chi connectivity index (χ1) is 22.2. The molecule has 1 saturated carbocycles. The van der Waals surface area contributed by atoms with Gasteiger partial charge >= 0.3 is 12.4 Å². The summed E-state index contributed by atoms with van der Waals surface area (Å²) in [4.78, 5) is 38.1. The van der Waals surface area contributed by atoms with Gasteiger partial charge in [0.05, 0.1) is 39.9 Å². The van der Waals surface area contributed by atoms with Crippen LogP contribution in [-0.2, 0) is 15.8 Å². The van der Waals surface area contributed by atoms with Gasteiger partial charge in [-0.25, -0.2) is 13.2 Å². The molecule has 0 radical (unpaired) electrons. The highest BCUT2D eigenvalue weighted by atomic mass is 35.5. The minimum atomic E-state index is -5.03. The molecular formula is C29H19Cl3F9N3O3S. The molecule has 0 aliphatic heterocycles. The van der Waals surface area contributed by atoms with Crippen LogP contribution in [0.4, 0.5) is 56.6 Å². The van der Waals surface area contributed by atoms with Crippen molar-refractivity contribution in [2.75, 3.05) is 27.5 Å². The van der Waals surface area contributed by atoms with Crippen LogP contribution >= 0.6 is 46.6 Å². The number of alkyl halides is 8. The van der Waals surface area contributed by atoms with Crippen molar-refractivity contribution in [2.24, 2.45) is 5.92 Å². The zero-order valence-electron chi connectivity index (χ0n) is 23.6. The lowest BCUT2D eigenvalue weighted by molar-refractivity contribution is -0.140. The first kappa shape index (κ1) is 37.5. The van der Waals surface area contributed by atoms with Crippen LogP contribution in [0.3, 0.4) is 0 Å². The van der Waals surface area contributed by atoms with Gasteiger partial charge in [-0.15, -0.1) is 23.2 Å². The molecule has 3 N–H and O–H groups in total. The smallest absolute Gasteiger partial charge is 0.326 e. The van der Waals surface area contributed by atoms with Crippen molar-refractivity contribution >= 4 is 81.3 Å². The van der Waals surface area contributed by atoms with E-state index in [4.69, 9.17) is 34.8 Å². The zero-order chi connectivity index (χ0) is 35.8. The van der Waals surface area contributed by atoms with E-state index in [1.165, 1.54) is 12.1 Å². The van der Waals surface area contributed by atoms with E-state index in [0.717, 1.165) is 18.2 Å². The van der Waals surface area contributed by atoms with Crippen molar-refractivity contribution < 1.29 is 53.9 Å². The number of nitrogens with one attached hydrogen (secondary N) is 3. The molecule has 0 aromatic heterocycles. The number of benzene rings is 3. The van der Waals surface area contributed by atoms with Gasteiger partial charge in [-0.3, -0.25) is 14.4 Å². The second-order valence-corrected chi connectivity index (χ2v) is 13.2. The van der Waals surface area contributed by atoms with Crippen molar-refractivity contribution in [1.29, 1.82) is 0 Å². The molecule has 258 valence electrons. The van der Waals surface area contributed by atoms with E-state index in [2.05, 4.69) is 10.6 Å². The topological polar surface area (TPSA) is 87.3 Å². The predicted molar refractivity (Wildman–Crippen MR) is 163 cm³/mol. The Morgan fingerprint density at radius 2 is 1.52 bits per heavy atom. The molecule has 1 unspecified atom stereocenters. The highest BCUT2D eigenvalue weighted by Gasteiger charge is 2.67. The van der Waals surface area contributed by atoms with Crippen molar-refractivity contribution in [3.63, 3.8) is 0 Å². The molecule has 1 aliphatic carbocycles. The summed E-state index contributed by atoms with van der Waals surface area (Å²) in [6.07, 6.45) is -10.6. The van der Waals surface area contributed by atoms with Crippen LogP contribution in [0.25, 0.3) is 0 Å². The van der Waals surface area contributed by atoms with Crippen LogP contribution < -0.4 is 16.0 Å². The summed E-state index contributed by atoms with van der Waals surface area (Å²) in [6, 6.07) is 7.08. The highest BCUT2D eigenvalue weighted by molar-refractivity contribution is 7.99. The maximum absolute atomic E-state index is 15.1. The Morgan fingerprint density at radius 3 is 2.17 bits per heavy atom. The molecule has 0 spiro atoms. The third kappa shape index (κ3) is 8.81. The maximum atomic E-state index is 15.1. The monoisotopic (exact) mass is 765 g/mol. The van der Waals surface area contributed by atoms with Gasteiger partial charge in [0.15, 0.2) is 5.82 Å². The maximum Gasteiger partial charge on any atom is 0.419 e. The van der Waals surface area contributed by atoms with Crippen LogP contribution in [0.2, 0.25) is 5.02 Å². The van der Waals surface area contributed by atoms with Crippen molar-refractivity contribution in [1.82, 2.24) is 0 Å². The van der Waals surface area contributed by atoms with E-state index in [9.17, 15) is 49.5 Å².